The first-order chi connectivity index (χ1) is 21.3. The molecular weight excluding hydrogens is 604 g/mol. The van der Waals surface area contributed by atoms with Crippen LogP contribution in [0.1, 0.15) is 30.1 Å². The molecule has 16 atom stereocenters. The van der Waals surface area contributed by atoms with Crippen LogP contribution in [0.15, 0.2) is 30.3 Å². The van der Waals surface area contributed by atoms with Crippen LogP contribution in [-0.2, 0) is 33.2 Å². The molecule has 0 amide bonds. The molecule has 45 heavy (non-hydrogen) atoms. The van der Waals surface area contributed by atoms with Gasteiger partial charge in [-0.05, 0) is 25.5 Å². The summed E-state index contributed by atoms with van der Waals surface area (Å²) in [7, 11) is 0. The van der Waals surface area contributed by atoms with Crippen LogP contribution in [0.2, 0.25) is 0 Å². The molecule has 1 aromatic rings. The summed E-state index contributed by atoms with van der Waals surface area (Å²) >= 11 is 0. The molecule has 16 heteroatoms. The average Bonchev–Trinajstić information content (AvgIpc) is 3.21. The second kappa shape index (κ2) is 10.8. The molecule has 5 saturated heterocycles. The van der Waals surface area contributed by atoms with E-state index in [-0.39, 0.29) is 19.4 Å². The molecule has 8 fully saturated rings. The van der Waals surface area contributed by atoms with Gasteiger partial charge in [0.1, 0.15) is 66.6 Å². The molecule has 3 saturated carbocycles. The lowest BCUT2D eigenvalue weighted by Crippen LogP contribution is -2.80. The van der Waals surface area contributed by atoms with Crippen LogP contribution < -0.4 is 0 Å². The lowest BCUT2D eigenvalue weighted by Gasteiger charge is -2.67. The van der Waals surface area contributed by atoms with Crippen molar-refractivity contribution < 1.29 is 78.8 Å². The minimum atomic E-state index is -1.78. The van der Waals surface area contributed by atoms with Gasteiger partial charge >= 0.3 is 5.97 Å². The number of carbonyl (C=O) groups is 1. The smallest absolute Gasteiger partial charge is 0.338 e. The summed E-state index contributed by atoms with van der Waals surface area (Å²) in [6.45, 7) is 0.234. The molecule has 0 spiro atoms. The van der Waals surface area contributed by atoms with Crippen LogP contribution in [0.5, 0.6) is 0 Å². The molecule has 9 rings (SSSR count). The van der Waals surface area contributed by atoms with Crippen molar-refractivity contribution in [1.29, 1.82) is 0 Å². The molecule has 250 valence electrons. The van der Waals surface area contributed by atoms with E-state index in [1.54, 1.807) is 37.3 Å². The van der Waals surface area contributed by atoms with Crippen molar-refractivity contribution in [2.24, 2.45) is 11.3 Å². The van der Waals surface area contributed by atoms with Gasteiger partial charge in [-0.1, -0.05) is 18.2 Å². The van der Waals surface area contributed by atoms with Crippen molar-refractivity contribution in [3.05, 3.63) is 35.9 Å². The van der Waals surface area contributed by atoms with Crippen LogP contribution in [0.25, 0.3) is 0 Å². The average molecular weight is 643 g/mol. The van der Waals surface area contributed by atoms with Gasteiger partial charge in [0.2, 0.25) is 0 Å². The van der Waals surface area contributed by atoms with Gasteiger partial charge < -0.3 is 74.0 Å². The fourth-order valence-electron chi connectivity index (χ4n) is 8.26. The molecule has 1 aromatic carbocycles. The van der Waals surface area contributed by atoms with E-state index in [0.29, 0.717) is 5.56 Å². The number of hydrogen-bond acceptors (Lipinski definition) is 16. The summed E-state index contributed by atoms with van der Waals surface area (Å²) in [5.41, 5.74) is -3.41. The Morgan fingerprint density at radius 1 is 0.889 bits per heavy atom. The predicted octanol–water partition coefficient (Wildman–Crippen LogP) is -3.53. The van der Waals surface area contributed by atoms with Crippen LogP contribution >= 0.6 is 0 Å². The first-order valence-corrected chi connectivity index (χ1v) is 14.9. The zero-order chi connectivity index (χ0) is 32.1. The molecule has 8 aliphatic rings. The predicted molar refractivity (Wildman–Crippen MR) is 141 cm³/mol. The molecule has 0 radical (unpaired) electrons. The van der Waals surface area contributed by atoms with Crippen molar-refractivity contribution >= 4 is 5.97 Å². The Bertz CT molecular complexity index is 1280. The minimum absolute atomic E-state index is 0.00713. The first kappa shape index (κ1) is 31.7. The van der Waals surface area contributed by atoms with Crippen LogP contribution in [0.3, 0.4) is 0 Å². The first-order valence-electron chi connectivity index (χ1n) is 14.9. The molecular formula is C29H38O16. The monoisotopic (exact) mass is 642 g/mol. The summed E-state index contributed by atoms with van der Waals surface area (Å²) in [5, 5.41) is 83.7. The van der Waals surface area contributed by atoms with Gasteiger partial charge in [-0.25, -0.2) is 4.79 Å². The Morgan fingerprint density at radius 2 is 1.53 bits per heavy atom. The van der Waals surface area contributed by atoms with Gasteiger partial charge in [-0.3, -0.25) is 0 Å². The third kappa shape index (κ3) is 4.33. The van der Waals surface area contributed by atoms with E-state index in [9.17, 15) is 45.6 Å². The standard InChI is InChI=1S/C29H38O16/c1-26-10-28(38)15-7-29(26,27(15,25(44-26)45-28)11-40-22(37)12-5-3-2-4-6-12)43-24-21(36)19(34)17(32)14(42-24)9-39-23-20(35)18(33)16(31)13(8-30)41-23/h2-6,13-21,23-25,30-36,38H,7-11H2,1H3/t13-,14-,15+,16-,17-,18+,19+,20-,21-,23+,24+,25+,26+,27+,28-,29-/m1/s1. The zero-order valence-electron chi connectivity index (χ0n) is 24.2. The largest absolute Gasteiger partial charge is 0.461 e. The van der Waals surface area contributed by atoms with Gasteiger partial charge in [0.05, 0.1) is 24.2 Å². The Labute approximate surface area is 256 Å². The normalized spacial score (nSPS) is 52.9. The highest BCUT2D eigenvalue weighted by Gasteiger charge is 2.94. The number of ether oxygens (including phenoxy) is 7. The summed E-state index contributed by atoms with van der Waals surface area (Å²) in [6, 6.07) is 8.33. The highest BCUT2D eigenvalue weighted by molar-refractivity contribution is 5.89. The highest BCUT2D eigenvalue weighted by Crippen LogP contribution is 2.81. The molecule has 8 N–H and O–H groups in total. The van der Waals surface area contributed by atoms with E-state index in [1.165, 1.54) is 0 Å². The number of carbonyl (C=O) groups excluding carboxylic acids is 1. The topological polar surface area (TPSA) is 244 Å². The number of esters is 1. The molecule has 6 bridgehead atoms. The Hall–Kier alpha value is -1.87. The van der Waals surface area contributed by atoms with Gasteiger partial charge in [0.15, 0.2) is 24.7 Å². The van der Waals surface area contributed by atoms with E-state index in [4.69, 9.17) is 33.2 Å². The zero-order valence-corrected chi connectivity index (χ0v) is 24.2. The molecule has 16 nitrogen and oxygen atoms in total. The van der Waals surface area contributed by atoms with E-state index >= 15 is 0 Å². The molecule has 0 aromatic heterocycles. The maximum Gasteiger partial charge on any atom is 0.338 e. The van der Waals surface area contributed by atoms with E-state index < -0.39 is 115 Å². The van der Waals surface area contributed by atoms with Gasteiger partial charge in [0, 0.05) is 12.3 Å². The minimum Gasteiger partial charge on any atom is -0.461 e. The third-order valence-electron chi connectivity index (χ3n) is 10.7. The maximum atomic E-state index is 12.9. The van der Waals surface area contributed by atoms with Crippen molar-refractivity contribution in [1.82, 2.24) is 0 Å². The van der Waals surface area contributed by atoms with Gasteiger partial charge in [0.25, 0.3) is 0 Å². The molecule has 5 heterocycles. The lowest BCUT2D eigenvalue weighted by atomic mass is 9.41. The Balaban J connectivity index is 1.10. The van der Waals surface area contributed by atoms with Crippen molar-refractivity contribution in [3.63, 3.8) is 0 Å². The number of hydrogen-bond donors (Lipinski definition) is 8. The summed E-state index contributed by atoms with van der Waals surface area (Å²) in [6.07, 6.45) is -16.8. The second-order valence-corrected chi connectivity index (χ2v) is 13.0. The Kier molecular flexibility index (Phi) is 7.63. The highest BCUT2D eigenvalue weighted by atomic mass is 16.8. The summed E-state index contributed by atoms with van der Waals surface area (Å²) < 4.78 is 41.2. The SMILES string of the molecule is C[C@@]12C[C@@]3(O)O[C@H](O1)[C@]1(COC(=O)c4ccccc4)[C@@H]3C[C@]12O[C@@H]1O[C@H](CO[C@H]2O[C@H](CO)[C@@H](O)[C@H](O)[C@H]2O)[C@@H](O)[C@H](O)[C@H]1O. The fraction of sp³-hybridized carbons (Fsp3) is 0.759. The van der Waals surface area contributed by atoms with Crippen LogP contribution in [0, 0.1) is 11.3 Å². The van der Waals surface area contributed by atoms with Crippen LogP contribution in [0.4, 0.5) is 0 Å². The number of rotatable bonds is 9. The quantitative estimate of drug-likeness (QED) is 0.122. The van der Waals surface area contributed by atoms with Crippen molar-refractivity contribution in [2.75, 3.05) is 19.8 Å². The van der Waals surface area contributed by atoms with E-state index in [0.717, 1.165) is 0 Å². The van der Waals surface area contributed by atoms with Crippen molar-refractivity contribution in [3.8, 4) is 0 Å². The fourth-order valence-corrected chi connectivity index (χ4v) is 8.26. The van der Waals surface area contributed by atoms with E-state index in [1.807, 2.05) is 0 Å². The van der Waals surface area contributed by atoms with Gasteiger partial charge in [-0.15, -0.1) is 0 Å². The van der Waals surface area contributed by atoms with Crippen LogP contribution in [-0.4, -0.2) is 151 Å². The molecule has 0 unspecified atom stereocenters. The summed E-state index contributed by atoms with van der Waals surface area (Å²) in [4.78, 5) is 12.9. The Morgan fingerprint density at radius 3 is 2.22 bits per heavy atom. The molecule has 3 aliphatic carbocycles. The second-order valence-electron chi connectivity index (χ2n) is 13.0. The third-order valence-corrected chi connectivity index (χ3v) is 10.7. The molecule has 5 aliphatic heterocycles. The van der Waals surface area contributed by atoms with E-state index in [2.05, 4.69) is 0 Å². The number of aliphatic hydroxyl groups is 8. The summed E-state index contributed by atoms with van der Waals surface area (Å²) in [5.74, 6) is -2.73. The maximum absolute atomic E-state index is 12.9. The lowest BCUT2D eigenvalue weighted by molar-refractivity contribution is -0.425. The van der Waals surface area contributed by atoms with Gasteiger partial charge in [-0.2, -0.15) is 0 Å². The van der Waals surface area contributed by atoms with Crippen molar-refractivity contribution in [2.45, 2.75) is 104 Å². The number of benzene rings is 1. The number of aliphatic hydroxyl groups excluding tert-OH is 7.